The van der Waals surface area contributed by atoms with Gasteiger partial charge in [-0.3, -0.25) is 0 Å². The van der Waals surface area contributed by atoms with Crippen molar-refractivity contribution in [3.05, 3.63) is 49.4 Å². The first-order valence-electron chi connectivity index (χ1n) is 10.3. The van der Waals surface area contributed by atoms with Crippen molar-refractivity contribution >= 4 is 68.4 Å². The van der Waals surface area contributed by atoms with Gasteiger partial charge in [0.2, 0.25) is 0 Å². The number of fused-ring (bicyclic) bond motifs is 1. The van der Waals surface area contributed by atoms with E-state index in [0.717, 1.165) is 25.2 Å². The smallest absolute Gasteiger partial charge is 0.322 e. The van der Waals surface area contributed by atoms with Crippen LogP contribution in [0.3, 0.4) is 0 Å². The molecule has 2 saturated heterocycles. The fourth-order valence-electron chi connectivity index (χ4n) is 4.36. The molecule has 2 N–H and O–H groups in total. The van der Waals surface area contributed by atoms with Crippen LogP contribution in [0.4, 0.5) is 16.3 Å². The van der Waals surface area contributed by atoms with E-state index in [1.165, 1.54) is 12.7 Å². The maximum atomic E-state index is 12.6. The zero-order valence-corrected chi connectivity index (χ0v) is 21.0. The summed E-state index contributed by atoms with van der Waals surface area (Å²) < 4.78 is 4.18. The summed E-state index contributed by atoms with van der Waals surface area (Å²) in [6.07, 6.45) is 5.87. The van der Waals surface area contributed by atoms with Gasteiger partial charge in [0.15, 0.2) is 5.65 Å². The van der Waals surface area contributed by atoms with Crippen molar-refractivity contribution in [2.24, 2.45) is 0 Å². The highest BCUT2D eigenvalue weighted by Gasteiger charge is 2.30. The second-order valence-corrected chi connectivity index (χ2v) is 10.4. The van der Waals surface area contributed by atoms with Crippen LogP contribution in [0.15, 0.2) is 36.7 Å². The number of carbonyl (C=O) groups excluding carboxylic acids is 1. The number of likely N-dealkylation sites (tertiary alicyclic amines) is 1. The van der Waals surface area contributed by atoms with Crippen molar-refractivity contribution in [3.8, 4) is 0 Å². The van der Waals surface area contributed by atoms with E-state index >= 15 is 0 Å². The number of halogens is 2. The van der Waals surface area contributed by atoms with Gasteiger partial charge in [-0.15, -0.1) is 0 Å². The molecule has 2 aromatic heterocycles. The van der Waals surface area contributed by atoms with Gasteiger partial charge in [-0.1, -0.05) is 0 Å². The second-order valence-electron chi connectivity index (χ2n) is 7.95. The minimum absolute atomic E-state index is 0.230. The standard InChI is InChI=1S/C21H22I2N6O2/c22-13-3-4-16(23)15(10-13)18-2-1-7-28(18)19-6-9-29-20(26-19)17(11-24-29)25-21(31)27-8-5-14(30)12-27/h3-4,6,9-11,14,18,30H,1-2,5,7-8,12H2,(H,25,31)/t14-,18?/m0/s1. The van der Waals surface area contributed by atoms with E-state index in [-0.39, 0.29) is 12.1 Å². The Balaban J connectivity index is 1.43. The lowest BCUT2D eigenvalue weighted by Crippen LogP contribution is -2.33. The summed E-state index contributed by atoms with van der Waals surface area (Å²) in [7, 11) is 0. The third-order valence-corrected chi connectivity index (χ3v) is 7.56. The van der Waals surface area contributed by atoms with Gasteiger partial charge in [0.05, 0.1) is 18.3 Å². The highest BCUT2D eigenvalue weighted by atomic mass is 127. The third kappa shape index (κ3) is 4.21. The monoisotopic (exact) mass is 644 g/mol. The first-order chi connectivity index (χ1) is 15.0. The fourth-order valence-corrected chi connectivity index (χ4v) is 5.57. The number of rotatable bonds is 3. The molecule has 31 heavy (non-hydrogen) atoms. The lowest BCUT2D eigenvalue weighted by molar-refractivity contribution is 0.176. The van der Waals surface area contributed by atoms with Crippen molar-refractivity contribution in [3.63, 3.8) is 0 Å². The van der Waals surface area contributed by atoms with Gasteiger partial charge in [-0.25, -0.2) is 14.3 Å². The van der Waals surface area contributed by atoms with Gasteiger partial charge in [-0.05, 0) is 94.3 Å². The maximum Gasteiger partial charge on any atom is 0.322 e. The molecule has 2 atom stereocenters. The molecule has 0 radical (unpaired) electrons. The highest BCUT2D eigenvalue weighted by Crippen LogP contribution is 2.38. The van der Waals surface area contributed by atoms with Crippen LogP contribution in [-0.4, -0.2) is 56.4 Å². The van der Waals surface area contributed by atoms with Gasteiger partial charge in [0.25, 0.3) is 0 Å². The number of hydrogen-bond donors (Lipinski definition) is 2. The van der Waals surface area contributed by atoms with E-state index in [4.69, 9.17) is 4.98 Å². The molecule has 8 nitrogen and oxygen atoms in total. The molecule has 2 amide bonds. The summed E-state index contributed by atoms with van der Waals surface area (Å²) in [6.45, 7) is 1.85. The van der Waals surface area contributed by atoms with Gasteiger partial charge < -0.3 is 20.2 Å². The minimum atomic E-state index is -0.449. The van der Waals surface area contributed by atoms with E-state index in [1.54, 1.807) is 15.6 Å². The number of amides is 2. The Kier molecular flexibility index (Phi) is 5.94. The van der Waals surface area contributed by atoms with Crippen molar-refractivity contribution < 1.29 is 9.90 Å². The zero-order valence-electron chi connectivity index (χ0n) is 16.7. The predicted octanol–water partition coefficient (Wildman–Crippen LogP) is 3.88. The van der Waals surface area contributed by atoms with E-state index in [2.05, 4.69) is 78.7 Å². The van der Waals surface area contributed by atoms with Crippen molar-refractivity contribution in [1.29, 1.82) is 0 Å². The average molecular weight is 644 g/mol. The summed E-state index contributed by atoms with van der Waals surface area (Å²) in [5.74, 6) is 0.886. The average Bonchev–Trinajstić information content (AvgIpc) is 3.49. The molecule has 1 unspecified atom stereocenters. The van der Waals surface area contributed by atoms with Crippen LogP contribution >= 0.6 is 45.2 Å². The van der Waals surface area contributed by atoms with Gasteiger partial charge in [0, 0.05) is 33.0 Å². The Labute approximate surface area is 207 Å². The number of hydrogen-bond acceptors (Lipinski definition) is 5. The molecule has 4 heterocycles. The Morgan fingerprint density at radius 3 is 2.87 bits per heavy atom. The summed E-state index contributed by atoms with van der Waals surface area (Å²) in [5, 5.41) is 17.0. The Morgan fingerprint density at radius 1 is 1.19 bits per heavy atom. The number of benzene rings is 1. The van der Waals surface area contributed by atoms with Crippen LogP contribution in [0.5, 0.6) is 0 Å². The number of aromatic nitrogens is 3. The first kappa shape index (κ1) is 21.2. The number of urea groups is 1. The Morgan fingerprint density at radius 2 is 2.06 bits per heavy atom. The predicted molar refractivity (Wildman–Crippen MR) is 135 cm³/mol. The Hall–Kier alpha value is -1.67. The number of carbonyl (C=O) groups is 1. The maximum absolute atomic E-state index is 12.6. The summed E-state index contributed by atoms with van der Waals surface area (Å²) >= 11 is 4.78. The molecule has 0 saturated carbocycles. The number of nitrogens with one attached hydrogen (secondary N) is 1. The first-order valence-corrected chi connectivity index (χ1v) is 12.5. The molecule has 0 bridgehead atoms. The number of β-amino-alcohol motifs (C(OH)–C–C–N with tert-alkyl or cyclic N) is 1. The van der Waals surface area contributed by atoms with Crippen LogP contribution in [0.2, 0.25) is 0 Å². The number of anilines is 2. The van der Waals surface area contributed by atoms with E-state index < -0.39 is 6.10 Å². The molecule has 5 rings (SSSR count). The Bertz CT molecular complexity index is 1140. The van der Waals surface area contributed by atoms with Crippen molar-refractivity contribution in [2.75, 3.05) is 29.9 Å². The van der Waals surface area contributed by atoms with Crippen LogP contribution in [0.25, 0.3) is 5.65 Å². The molecule has 1 aromatic carbocycles. The summed E-state index contributed by atoms with van der Waals surface area (Å²) in [5.41, 5.74) is 2.53. The topological polar surface area (TPSA) is 86.0 Å². The van der Waals surface area contributed by atoms with E-state index in [1.807, 2.05) is 12.3 Å². The molecular weight excluding hydrogens is 622 g/mol. The normalized spacial score (nSPS) is 21.3. The van der Waals surface area contributed by atoms with Crippen LogP contribution < -0.4 is 10.2 Å². The zero-order chi connectivity index (χ0) is 21.5. The largest absolute Gasteiger partial charge is 0.391 e. The molecular formula is C21H22I2N6O2. The highest BCUT2D eigenvalue weighted by molar-refractivity contribution is 14.1. The number of aliphatic hydroxyl groups is 1. The minimum Gasteiger partial charge on any atom is -0.391 e. The number of nitrogens with zero attached hydrogens (tertiary/aromatic N) is 5. The molecule has 10 heteroatoms. The fraction of sp³-hybridized carbons (Fsp3) is 0.381. The van der Waals surface area contributed by atoms with Gasteiger partial charge >= 0.3 is 6.03 Å². The lowest BCUT2D eigenvalue weighted by Gasteiger charge is -2.27. The van der Waals surface area contributed by atoms with Crippen LogP contribution in [0.1, 0.15) is 30.9 Å². The third-order valence-electron chi connectivity index (χ3n) is 5.91. The molecule has 2 aliphatic rings. The van der Waals surface area contributed by atoms with E-state index in [0.29, 0.717) is 30.8 Å². The lowest BCUT2D eigenvalue weighted by atomic mass is 10.0. The SMILES string of the molecule is O=C(Nc1cnn2ccc(N3CCCC3c3cc(I)ccc3I)nc12)N1CC[C@H](O)C1. The molecule has 2 aliphatic heterocycles. The van der Waals surface area contributed by atoms with Gasteiger partial charge in [0.1, 0.15) is 11.5 Å². The molecule has 3 aromatic rings. The number of aliphatic hydroxyl groups excluding tert-OH is 1. The van der Waals surface area contributed by atoms with Crippen molar-refractivity contribution in [2.45, 2.75) is 31.4 Å². The van der Waals surface area contributed by atoms with Crippen molar-refractivity contribution in [1.82, 2.24) is 19.5 Å². The van der Waals surface area contributed by atoms with Crippen LogP contribution in [-0.2, 0) is 0 Å². The van der Waals surface area contributed by atoms with E-state index in [9.17, 15) is 9.90 Å². The molecule has 162 valence electrons. The molecule has 0 spiro atoms. The quantitative estimate of drug-likeness (QED) is 0.424. The summed E-state index contributed by atoms with van der Waals surface area (Å²) in [6, 6.07) is 8.61. The van der Waals surface area contributed by atoms with Crippen LogP contribution in [0, 0.1) is 7.14 Å². The summed E-state index contributed by atoms with van der Waals surface area (Å²) in [4.78, 5) is 21.4. The molecule has 0 aliphatic carbocycles. The second kappa shape index (κ2) is 8.70. The molecule has 2 fully saturated rings. The van der Waals surface area contributed by atoms with Gasteiger partial charge in [-0.2, -0.15) is 5.10 Å².